The number of benzene rings is 2. The Balaban J connectivity index is 2.05. The summed E-state index contributed by atoms with van der Waals surface area (Å²) in [6.07, 6.45) is 1.38. The van der Waals surface area contributed by atoms with Crippen LogP contribution in [0.4, 0.5) is 5.69 Å². The van der Waals surface area contributed by atoms with Gasteiger partial charge in [0.15, 0.2) is 0 Å². The molecule has 1 aromatic heterocycles. The van der Waals surface area contributed by atoms with Crippen LogP contribution in [0.25, 0.3) is 16.0 Å². The van der Waals surface area contributed by atoms with Crippen molar-refractivity contribution in [1.82, 2.24) is 4.57 Å². The van der Waals surface area contributed by atoms with Crippen molar-refractivity contribution in [2.24, 2.45) is 7.05 Å². The Morgan fingerprint density at radius 2 is 1.83 bits per heavy atom. The molecule has 0 unspecified atom stereocenters. The van der Waals surface area contributed by atoms with E-state index in [1.807, 2.05) is 62.5 Å². The van der Waals surface area contributed by atoms with Gasteiger partial charge in [0.25, 0.3) is 0 Å². The van der Waals surface area contributed by atoms with Crippen molar-refractivity contribution in [2.45, 2.75) is 26.7 Å². The van der Waals surface area contributed by atoms with E-state index in [-0.39, 0.29) is 6.61 Å². The van der Waals surface area contributed by atoms with Gasteiger partial charge in [0.05, 0.1) is 13.2 Å². The molecule has 29 heavy (non-hydrogen) atoms. The standard InChI is InChI=1S/C24H23ClN2O2/c1-5-20-22(26-3)21(23(27(20)4)24(28)29-6-2)17-13-11-16(12-14-17)15-18-9-7-8-10-19(18)25/h7-14H,5-6,15H2,1-2,4H3. The average Bonchev–Trinajstić information content (AvgIpc) is 3.02. The van der Waals surface area contributed by atoms with Crippen LogP contribution in [0.3, 0.4) is 0 Å². The first-order chi connectivity index (χ1) is 14.0. The summed E-state index contributed by atoms with van der Waals surface area (Å²) in [4.78, 5) is 16.4. The van der Waals surface area contributed by atoms with Gasteiger partial charge in [-0.25, -0.2) is 9.64 Å². The lowest BCUT2D eigenvalue weighted by molar-refractivity contribution is 0.0516. The molecule has 0 N–H and O–H groups in total. The lowest BCUT2D eigenvalue weighted by Gasteiger charge is -2.10. The molecule has 5 heteroatoms. The third-order valence-electron chi connectivity index (χ3n) is 5.00. The van der Waals surface area contributed by atoms with E-state index in [2.05, 4.69) is 4.85 Å². The minimum Gasteiger partial charge on any atom is -0.461 e. The zero-order chi connectivity index (χ0) is 21.0. The molecule has 1 heterocycles. The van der Waals surface area contributed by atoms with Crippen molar-refractivity contribution in [3.05, 3.63) is 87.5 Å². The van der Waals surface area contributed by atoms with Crippen LogP contribution in [0.2, 0.25) is 5.02 Å². The van der Waals surface area contributed by atoms with Gasteiger partial charge in [0.1, 0.15) is 5.69 Å². The highest BCUT2D eigenvalue weighted by Gasteiger charge is 2.26. The molecule has 0 amide bonds. The lowest BCUT2D eigenvalue weighted by atomic mass is 9.99. The Morgan fingerprint density at radius 3 is 2.41 bits per heavy atom. The number of hydrogen-bond donors (Lipinski definition) is 0. The van der Waals surface area contributed by atoms with Gasteiger partial charge in [0, 0.05) is 23.3 Å². The van der Waals surface area contributed by atoms with Crippen LogP contribution in [-0.4, -0.2) is 17.1 Å². The summed E-state index contributed by atoms with van der Waals surface area (Å²) in [7, 11) is 1.81. The number of halogens is 1. The molecular formula is C24H23ClN2O2. The first-order valence-corrected chi connectivity index (χ1v) is 9.98. The van der Waals surface area contributed by atoms with Crippen LogP contribution in [-0.2, 0) is 24.6 Å². The lowest BCUT2D eigenvalue weighted by Crippen LogP contribution is -2.12. The zero-order valence-corrected chi connectivity index (χ0v) is 17.6. The zero-order valence-electron chi connectivity index (χ0n) is 16.8. The molecule has 0 aliphatic rings. The van der Waals surface area contributed by atoms with Crippen LogP contribution in [0.1, 0.15) is 41.2 Å². The topological polar surface area (TPSA) is 35.6 Å². The predicted octanol–water partition coefficient (Wildman–Crippen LogP) is 6.23. The van der Waals surface area contributed by atoms with E-state index in [0.717, 1.165) is 33.8 Å². The second kappa shape index (κ2) is 8.98. The van der Waals surface area contributed by atoms with Gasteiger partial charge in [-0.3, -0.25) is 0 Å². The van der Waals surface area contributed by atoms with Crippen LogP contribution >= 0.6 is 11.6 Å². The normalized spacial score (nSPS) is 10.6. The monoisotopic (exact) mass is 406 g/mol. The van der Waals surface area contributed by atoms with E-state index in [1.165, 1.54) is 0 Å². The Kier molecular flexibility index (Phi) is 6.41. The van der Waals surface area contributed by atoms with Gasteiger partial charge >= 0.3 is 5.97 Å². The van der Waals surface area contributed by atoms with Crippen molar-refractivity contribution in [2.75, 3.05) is 6.61 Å². The highest BCUT2D eigenvalue weighted by Crippen LogP contribution is 2.40. The Hall–Kier alpha value is -3.03. The van der Waals surface area contributed by atoms with Gasteiger partial charge in [-0.05, 0) is 42.5 Å². The fraction of sp³-hybridized carbons (Fsp3) is 0.250. The molecule has 0 spiro atoms. The maximum atomic E-state index is 12.6. The van der Waals surface area contributed by atoms with E-state index < -0.39 is 5.97 Å². The molecule has 0 bridgehead atoms. The number of hydrogen-bond acceptors (Lipinski definition) is 2. The van der Waals surface area contributed by atoms with Crippen molar-refractivity contribution in [3.63, 3.8) is 0 Å². The van der Waals surface area contributed by atoms with Gasteiger partial charge in [0.2, 0.25) is 5.69 Å². The first-order valence-electron chi connectivity index (χ1n) is 9.60. The van der Waals surface area contributed by atoms with Crippen molar-refractivity contribution in [3.8, 4) is 11.1 Å². The van der Waals surface area contributed by atoms with Crippen LogP contribution in [0.15, 0.2) is 48.5 Å². The molecule has 0 saturated carbocycles. The Morgan fingerprint density at radius 1 is 1.14 bits per heavy atom. The third kappa shape index (κ3) is 4.06. The fourth-order valence-corrected chi connectivity index (χ4v) is 3.81. The minimum atomic E-state index is -0.408. The van der Waals surface area contributed by atoms with Crippen LogP contribution in [0.5, 0.6) is 0 Å². The van der Waals surface area contributed by atoms with Gasteiger partial charge in [-0.2, -0.15) is 0 Å². The Bertz CT molecular complexity index is 1080. The fourth-order valence-electron chi connectivity index (χ4n) is 3.61. The summed E-state index contributed by atoms with van der Waals surface area (Å²) in [6, 6.07) is 15.7. The maximum absolute atomic E-state index is 12.6. The van der Waals surface area contributed by atoms with Gasteiger partial charge in [-0.1, -0.05) is 61.0 Å². The molecule has 0 radical (unpaired) electrons. The molecule has 0 fully saturated rings. The molecule has 0 aliphatic heterocycles. The molecule has 0 saturated heterocycles. The molecular weight excluding hydrogens is 384 g/mol. The number of aromatic nitrogens is 1. The predicted molar refractivity (Wildman–Crippen MR) is 117 cm³/mol. The molecule has 3 rings (SSSR count). The number of ether oxygens (including phenoxy) is 1. The molecule has 148 valence electrons. The van der Waals surface area contributed by atoms with E-state index >= 15 is 0 Å². The molecule has 0 atom stereocenters. The summed E-state index contributed by atoms with van der Waals surface area (Å²) in [6.45, 7) is 11.7. The highest BCUT2D eigenvalue weighted by molar-refractivity contribution is 6.31. The third-order valence-corrected chi connectivity index (χ3v) is 5.37. The number of nitrogens with zero attached hydrogens (tertiary/aromatic N) is 2. The van der Waals surface area contributed by atoms with Crippen molar-refractivity contribution in [1.29, 1.82) is 0 Å². The average molecular weight is 407 g/mol. The summed E-state index contributed by atoms with van der Waals surface area (Å²) >= 11 is 6.27. The van der Waals surface area contributed by atoms with Crippen molar-refractivity contribution >= 4 is 23.3 Å². The summed E-state index contributed by atoms with van der Waals surface area (Å²) in [5, 5.41) is 0.743. The summed E-state index contributed by atoms with van der Waals surface area (Å²) in [5.74, 6) is -0.408. The molecule has 3 aromatic rings. The van der Waals surface area contributed by atoms with E-state index in [1.54, 1.807) is 11.5 Å². The second-order valence-electron chi connectivity index (χ2n) is 6.73. The van der Waals surface area contributed by atoms with Gasteiger partial charge < -0.3 is 9.30 Å². The van der Waals surface area contributed by atoms with Crippen LogP contribution in [0, 0.1) is 6.57 Å². The smallest absolute Gasteiger partial charge is 0.354 e. The van der Waals surface area contributed by atoms with E-state index in [0.29, 0.717) is 23.4 Å². The highest BCUT2D eigenvalue weighted by atomic mass is 35.5. The van der Waals surface area contributed by atoms with E-state index in [4.69, 9.17) is 22.9 Å². The molecule has 4 nitrogen and oxygen atoms in total. The minimum absolute atomic E-state index is 0.287. The van der Waals surface area contributed by atoms with E-state index in [9.17, 15) is 4.79 Å². The SMILES string of the molecule is [C-]#[N+]c1c(-c2ccc(Cc3ccccc3Cl)cc2)c(C(=O)OCC)n(C)c1CC. The number of carbonyl (C=O) groups excluding carboxylic acids is 1. The largest absolute Gasteiger partial charge is 0.461 e. The van der Waals surface area contributed by atoms with Crippen LogP contribution < -0.4 is 0 Å². The first kappa shape index (κ1) is 20.7. The second-order valence-corrected chi connectivity index (χ2v) is 7.14. The molecule has 0 aliphatic carbocycles. The summed E-state index contributed by atoms with van der Waals surface area (Å²) < 4.78 is 7.06. The quantitative estimate of drug-likeness (QED) is 0.359. The maximum Gasteiger partial charge on any atom is 0.354 e. The summed E-state index contributed by atoms with van der Waals surface area (Å²) in [5.41, 5.74) is 5.41. The van der Waals surface area contributed by atoms with Gasteiger partial charge in [-0.15, -0.1) is 0 Å². The number of rotatable bonds is 6. The van der Waals surface area contributed by atoms with Crippen molar-refractivity contribution < 1.29 is 9.53 Å². The Labute approximate surface area is 176 Å². The number of esters is 1. The number of carbonyl (C=O) groups is 1. The molecule has 2 aromatic carbocycles.